The Morgan fingerprint density at radius 3 is 1.89 bits per heavy atom. The third-order valence-corrected chi connectivity index (χ3v) is 7.49. The molecule has 0 aromatic heterocycles. The maximum Gasteiger partial charge on any atom is 0.321 e. The lowest BCUT2D eigenvalue weighted by Gasteiger charge is -2.36. The summed E-state index contributed by atoms with van der Waals surface area (Å²) in [6.45, 7) is 26.7. The molecule has 0 radical (unpaired) electrons. The third-order valence-electron chi connectivity index (χ3n) is 5.55. The Kier molecular flexibility index (Phi) is 6.96. The largest absolute Gasteiger partial charge is 0.435 e. The van der Waals surface area contributed by atoms with Gasteiger partial charge in [0.25, 0.3) is 0 Å². The second kappa shape index (κ2) is 8.25. The summed E-state index contributed by atoms with van der Waals surface area (Å²) in [4.78, 5) is 0. The van der Waals surface area contributed by atoms with Crippen LogP contribution in [0.5, 0.6) is 5.75 Å². The SMILES string of the molecule is CCC(C)c1cc(C(C)(C)C)c(OP2OCCN2C(C)(C)C)c(C(C)(C)C)c1. The van der Waals surface area contributed by atoms with Crippen LogP contribution in [-0.2, 0) is 15.4 Å². The summed E-state index contributed by atoms with van der Waals surface area (Å²) < 4.78 is 15.2. The second-order valence-electron chi connectivity index (χ2n) is 11.2. The molecule has 1 heterocycles. The average Bonchev–Trinajstić information content (AvgIpc) is 3.00. The van der Waals surface area contributed by atoms with Crippen molar-refractivity contribution in [2.24, 2.45) is 0 Å². The summed E-state index contributed by atoms with van der Waals surface area (Å²) >= 11 is 0. The molecule has 1 aromatic carbocycles. The minimum atomic E-state index is -1.09. The lowest BCUT2D eigenvalue weighted by molar-refractivity contribution is 0.267. The van der Waals surface area contributed by atoms with Crippen LogP contribution in [0.2, 0.25) is 0 Å². The zero-order valence-corrected chi connectivity index (χ0v) is 21.0. The van der Waals surface area contributed by atoms with E-state index in [9.17, 15) is 0 Å². The first-order chi connectivity index (χ1) is 12.7. The number of nitrogens with zero attached hydrogens (tertiary/aromatic N) is 1. The molecule has 0 bridgehead atoms. The lowest BCUT2D eigenvalue weighted by Crippen LogP contribution is -2.36. The van der Waals surface area contributed by atoms with Crippen molar-refractivity contribution in [3.63, 3.8) is 0 Å². The van der Waals surface area contributed by atoms with Gasteiger partial charge in [0.15, 0.2) is 0 Å². The first-order valence-corrected chi connectivity index (χ1v) is 11.9. The highest BCUT2D eigenvalue weighted by atomic mass is 31.2. The molecule has 2 atom stereocenters. The van der Waals surface area contributed by atoms with E-state index in [0.717, 1.165) is 25.3 Å². The molecule has 0 spiro atoms. The Labute approximate surface area is 175 Å². The van der Waals surface area contributed by atoms with Crippen molar-refractivity contribution in [2.75, 3.05) is 13.2 Å². The Hall–Kier alpha value is -0.630. The van der Waals surface area contributed by atoms with Gasteiger partial charge in [-0.2, -0.15) is 0 Å². The number of benzene rings is 1. The topological polar surface area (TPSA) is 21.7 Å². The Morgan fingerprint density at radius 2 is 1.50 bits per heavy atom. The van der Waals surface area contributed by atoms with Gasteiger partial charge >= 0.3 is 8.53 Å². The highest BCUT2D eigenvalue weighted by molar-refractivity contribution is 7.45. The molecule has 1 aliphatic rings. The summed E-state index contributed by atoms with van der Waals surface area (Å²) in [7, 11) is -1.09. The van der Waals surface area contributed by atoms with E-state index in [1.807, 2.05) is 0 Å². The molecule has 1 aromatic rings. The predicted octanol–water partition coefficient (Wildman–Crippen LogP) is 7.53. The van der Waals surface area contributed by atoms with Crippen LogP contribution >= 0.6 is 8.53 Å². The highest BCUT2D eigenvalue weighted by Crippen LogP contribution is 2.54. The van der Waals surface area contributed by atoms with Gasteiger partial charge < -0.3 is 9.05 Å². The van der Waals surface area contributed by atoms with Crippen LogP contribution < -0.4 is 4.52 Å². The van der Waals surface area contributed by atoms with Gasteiger partial charge in [-0.25, -0.2) is 4.67 Å². The molecule has 0 saturated carbocycles. The Balaban J connectivity index is 2.63. The standard InChI is InChI=1S/C24H42NO2P/c1-12-17(2)18-15-19(22(3,4)5)21(20(16-18)23(6,7)8)27-28-25(13-14-26-28)24(9,10)11/h15-17H,12-14H2,1-11H3. The van der Waals surface area contributed by atoms with E-state index in [2.05, 4.69) is 93.0 Å². The lowest BCUT2D eigenvalue weighted by atomic mass is 9.77. The number of hydrogen-bond donors (Lipinski definition) is 0. The minimum absolute atomic E-state index is 0.000422. The second-order valence-corrected chi connectivity index (χ2v) is 12.6. The van der Waals surface area contributed by atoms with Crippen LogP contribution in [0.3, 0.4) is 0 Å². The average molecular weight is 408 g/mol. The fourth-order valence-corrected chi connectivity index (χ4v) is 5.09. The van der Waals surface area contributed by atoms with Gasteiger partial charge in [0.2, 0.25) is 0 Å². The van der Waals surface area contributed by atoms with E-state index in [0.29, 0.717) is 5.92 Å². The quantitative estimate of drug-likeness (QED) is 0.481. The van der Waals surface area contributed by atoms with Crippen molar-refractivity contribution in [1.82, 2.24) is 4.67 Å². The molecule has 160 valence electrons. The summed E-state index contributed by atoms with van der Waals surface area (Å²) in [6.07, 6.45) is 1.14. The van der Waals surface area contributed by atoms with E-state index in [4.69, 9.17) is 9.05 Å². The van der Waals surface area contributed by atoms with Crippen molar-refractivity contribution in [1.29, 1.82) is 0 Å². The fraction of sp³-hybridized carbons (Fsp3) is 0.750. The van der Waals surface area contributed by atoms with Gasteiger partial charge in [-0.05, 0) is 49.5 Å². The molecule has 3 nitrogen and oxygen atoms in total. The summed E-state index contributed by atoms with van der Waals surface area (Å²) in [6, 6.07) is 4.76. The molecule has 0 amide bonds. The first-order valence-electron chi connectivity index (χ1n) is 10.7. The van der Waals surface area contributed by atoms with Crippen LogP contribution in [0.1, 0.15) is 105 Å². The van der Waals surface area contributed by atoms with Gasteiger partial charge in [0.05, 0.1) is 6.61 Å². The molecule has 2 rings (SSSR count). The third kappa shape index (κ3) is 5.29. The van der Waals surface area contributed by atoms with Crippen LogP contribution in [-0.4, -0.2) is 23.4 Å². The minimum Gasteiger partial charge on any atom is -0.435 e. The van der Waals surface area contributed by atoms with E-state index in [1.54, 1.807) is 0 Å². The van der Waals surface area contributed by atoms with Gasteiger partial charge in [0, 0.05) is 23.2 Å². The molecule has 1 saturated heterocycles. The van der Waals surface area contributed by atoms with Gasteiger partial charge in [0.1, 0.15) is 5.75 Å². The Morgan fingerprint density at radius 1 is 1.00 bits per heavy atom. The first kappa shape index (κ1) is 23.6. The van der Waals surface area contributed by atoms with Crippen molar-refractivity contribution >= 4 is 8.53 Å². The summed E-state index contributed by atoms with van der Waals surface area (Å²) in [5.74, 6) is 1.57. The molecule has 1 fully saturated rings. The van der Waals surface area contributed by atoms with Gasteiger partial charge in [-0.1, -0.05) is 67.5 Å². The normalized spacial score (nSPS) is 20.5. The molecular weight excluding hydrogens is 365 g/mol. The van der Waals surface area contributed by atoms with Crippen molar-refractivity contribution in [2.45, 2.75) is 105 Å². The highest BCUT2D eigenvalue weighted by Gasteiger charge is 2.39. The number of rotatable bonds is 4. The van der Waals surface area contributed by atoms with Crippen LogP contribution in [0.4, 0.5) is 0 Å². The van der Waals surface area contributed by atoms with E-state index >= 15 is 0 Å². The van der Waals surface area contributed by atoms with Crippen molar-refractivity contribution < 1.29 is 9.05 Å². The molecule has 0 N–H and O–H groups in total. The number of hydrogen-bond acceptors (Lipinski definition) is 3. The zero-order valence-electron chi connectivity index (χ0n) is 20.1. The van der Waals surface area contributed by atoms with Crippen molar-refractivity contribution in [3.05, 3.63) is 28.8 Å². The van der Waals surface area contributed by atoms with Crippen LogP contribution in [0.25, 0.3) is 0 Å². The molecule has 0 aliphatic carbocycles. The Bertz CT molecular complexity index is 644. The van der Waals surface area contributed by atoms with Crippen molar-refractivity contribution in [3.8, 4) is 5.75 Å². The fourth-order valence-electron chi connectivity index (χ4n) is 3.47. The maximum atomic E-state index is 6.77. The smallest absolute Gasteiger partial charge is 0.321 e. The van der Waals surface area contributed by atoms with E-state index in [-0.39, 0.29) is 16.4 Å². The predicted molar refractivity (Wildman–Crippen MR) is 123 cm³/mol. The summed E-state index contributed by atoms with van der Waals surface area (Å²) in [5.41, 5.74) is 4.03. The van der Waals surface area contributed by atoms with Crippen LogP contribution in [0.15, 0.2) is 12.1 Å². The molecule has 28 heavy (non-hydrogen) atoms. The maximum absolute atomic E-state index is 6.77. The van der Waals surface area contributed by atoms with Gasteiger partial charge in [-0.3, -0.25) is 0 Å². The molecule has 2 unspecified atom stereocenters. The molecule has 4 heteroatoms. The molecular formula is C24H42NO2P. The monoisotopic (exact) mass is 407 g/mol. The summed E-state index contributed by atoms with van der Waals surface area (Å²) in [5, 5.41) is 0. The van der Waals surface area contributed by atoms with E-state index in [1.165, 1.54) is 16.7 Å². The van der Waals surface area contributed by atoms with Crippen LogP contribution in [0, 0.1) is 0 Å². The zero-order chi connectivity index (χ0) is 21.5. The van der Waals surface area contributed by atoms with E-state index < -0.39 is 8.53 Å². The molecule has 1 aliphatic heterocycles. The van der Waals surface area contributed by atoms with Gasteiger partial charge in [-0.15, -0.1) is 0 Å².